The lowest BCUT2D eigenvalue weighted by molar-refractivity contribution is 0.0549. The Morgan fingerprint density at radius 1 is 1.03 bits per heavy atom. The number of carbonyl (C=O) groups excluding carboxylic acids is 2. The maximum absolute atomic E-state index is 16.3. The first kappa shape index (κ1) is 26.6. The van der Waals surface area contributed by atoms with Gasteiger partial charge in [-0.15, -0.1) is 0 Å². The van der Waals surface area contributed by atoms with E-state index in [0.717, 1.165) is 18.5 Å². The lowest BCUT2D eigenvalue weighted by Crippen LogP contribution is -2.46. The average Bonchev–Trinajstić information content (AvgIpc) is 3.00. The van der Waals surface area contributed by atoms with Crippen molar-refractivity contribution in [2.75, 3.05) is 16.0 Å². The Hall–Kier alpha value is -3.95. The quantitative estimate of drug-likeness (QED) is 0.376. The molecular formula is C29H34FN5O4. The van der Waals surface area contributed by atoms with Crippen LogP contribution in [0.3, 0.4) is 0 Å². The molecular weight excluding hydrogens is 501 g/mol. The van der Waals surface area contributed by atoms with Crippen molar-refractivity contribution < 1.29 is 23.5 Å². The fourth-order valence-electron chi connectivity index (χ4n) is 5.28. The van der Waals surface area contributed by atoms with Crippen LogP contribution in [0.25, 0.3) is 21.9 Å². The van der Waals surface area contributed by atoms with Crippen LogP contribution >= 0.6 is 0 Å². The van der Waals surface area contributed by atoms with Crippen molar-refractivity contribution in [2.45, 2.75) is 84.5 Å². The number of halogens is 1. The van der Waals surface area contributed by atoms with Crippen LogP contribution in [0, 0.1) is 12.7 Å². The van der Waals surface area contributed by atoms with E-state index in [2.05, 4.69) is 10.3 Å². The maximum Gasteiger partial charge on any atom is 0.415 e. The van der Waals surface area contributed by atoms with Gasteiger partial charge >= 0.3 is 12.2 Å². The van der Waals surface area contributed by atoms with Crippen molar-refractivity contribution in [1.29, 1.82) is 0 Å². The second-order valence-corrected chi connectivity index (χ2v) is 12.2. The molecule has 1 saturated carbocycles. The van der Waals surface area contributed by atoms with Crippen molar-refractivity contribution in [2.24, 2.45) is 0 Å². The molecule has 2 atom stereocenters. The highest BCUT2D eigenvalue weighted by Crippen LogP contribution is 2.53. The van der Waals surface area contributed by atoms with E-state index in [-0.39, 0.29) is 29.0 Å². The molecule has 1 aliphatic carbocycles. The number of aromatic nitrogens is 2. The molecule has 3 aromatic rings. The van der Waals surface area contributed by atoms with Crippen molar-refractivity contribution in [3.8, 4) is 11.1 Å². The minimum atomic E-state index is -0.798. The molecule has 2 aliphatic rings. The van der Waals surface area contributed by atoms with Gasteiger partial charge in [-0.2, -0.15) is 0 Å². The van der Waals surface area contributed by atoms with Crippen LogP contribution in [0.2, 0.25) is 0 Å². The maximum atomic E-state index is 16.3. The number of fused-ring (bicyclic) bond motifs is 4. The molecule has 2 amide bonds. The summed E-state index contributed by atoms with van der Waals surface area (Å²) in [6.45, 7) is 12.5. The summed E-state index contributed by atoms with van der Waals surface area (Å²) < 4.78 is 27.4. The van der Waals surface area contributed by atoms with Crippen LogP contribution in [0.4, 0.5) is 31.2 Å². The average molecular weight is 536 g/mol. The summed E-state index contributed by atoms with van der Waals surface area (Å²) >= 11 is 0. The fraction of sp³-hybridized carbons (Fsp3) is 0.448. The van der Waals surface area contributed by atoms with Gasteiger partial charge in [0.05, 0.1) is 17.1 Å². The van der Waals surface area contributed by atoms with E-state index in [4.69, 9.17) is 20.2 Å². The molecule has 1 fully saturated rings. The van der Waals surface area contributed by atoms with Crippen LogP contribution in [0.15, 0.2) is 24.5 Å². The van der Waals surface area contributed by atoms with E-state index < -0.39 is 29.2 Å². The van der Waals surface area contributed by atoms with Gasteiger partial charge in [-0.25, -0.2) is 19.0 Å². The topological polar surface area (TPSA) is 120 Å². The zero-order valence-electron chi connectivity index (χ0n) is 23.3. The monoisotopic (exact) mass is 535 g/mol. The summed E-state index contributed by atoms with van der Waals surface area (Å²) in [6.07, 6.45) is 3.57. The molecule has 1 aromatic carbocycles. The largest absolute Gasteiger partial charge is 0.444 e. The van der Waals surface area contributed by atoms with Gasteiger partial charge in [0.2, 0.25) is 0 Å². The van der Waals surface area contributed by atoms with Gasteiger partial charge in [-0.3, -0.25) is 15.2 Å². The lowest BCUT2D eigenvalue weighted by Gasteiger charge is -2.36. The number of pyridine rings is 2. The summed E-state index contributed by atoms with van der Waals surface area (Å²) in [6, 6.07) is 3.23. The van der Waals surface area contributed by atoms with Gasteiger partial charge < -0.3 is 15.2 Å². The van der Waals surface area contributed by atoms with Gasteiger partial charge in [0.15, 0.2) is 5.82 Å². The van der Waals surface area contributed by atoms with E-state index >= 15 is 4.39 Å². The Balaban J connectivity index is 1.66. The molecule has 5 rings (SSSR count). The number of rotatable bonds is 2. The van der Waals surface area contributed by atoms with Crippen LogP contribution < -0.4 is 16.0 Å². The Morgan fingerprint density at radius 2 is 1.72 bits per heavy atom. The third-order valence-electron chi connectivity index (χ3n) is 6.98. The number of amides is 2. The summed E-state index contributed by atoms with van der Waals surface area (Å²) in [4.78, 5) is 36.4. The predicted molar refractivity (Wildman–Crippen MR) is 148 cm³/mol. The normalized spacial score (nSPS) is 18.3. The Morgan fingerprint density at radius 3 is 2.33 bits per heavy atom. The minimum absolute atomic E-state index is 0.0342. The van der Waals surface area contributed by atoms with Gasteiger partial charge in [-0.1, -0.05) is 0 Å². The van der Waals surface area contributed by atoms with E-state index in [1.165, 1.54) is 6.20 Å². The van der Waals surface area contributed by atoms with Crippen molar-refractivity contribution in [3.05, 3.63) is 41.6 Å². The van der Waals surface area contributed by atoms with Crippen molar-refractivity contribution in [1.82, 2.24) is 9.97 Å². The molecule has 0 radical (unpaired) electrons. The summed E-state index contributed by atoms with van der Waals surface area (Å²) in [7, 11) is 0. The van der Waals surface area contributed by atoms with E-state index in [0.29, 0.717) is 27.6 Å². The van der Waals surface area contributed by atoms with Crippen LogP contribution in [-0.4, -0.2) is 39.4 Å². The Labute approximate surface area is 226 Å². The Kier molecular flexibility index (Phi) is 6.19. The number of nitrogens with one attached hydrogen (secondary N) is 1. The molecule has 2 aromatic heterocycles. The molecule has 2 unspecified atom stereocenters. The molecule has 39 heavy (non-hydrogen) atoms. The number of nitrogens with two attached hydrogens (primary N) is 1. The van der Waals surface area contributed by atoms with Crippen molar-refractivity contribution in [3.63, 3.8) is 0 Å². The van der Waals surface area contributed by atoms with Gasteiger partial charge in [0.25, 0.3) is 0 Å². The molecule has 3 N–H and O–H groups in total. The molecule has 0 saturated heterocycles. The Bertz CT molecular complexity index is 1510. The predicted octanol–water partition coefficient (Wildman–Crippen LogP) is 6.67. The molecule has 3 heterocycles. The smallest absolute Gasteiger partial charge is 0.415 e. The first-order chi connectivity index (χ1) is 18.1. The SMILES string of the molecule is Cc1c(-c2cc3cc(N)ncc3c(NC(=O)OC(C)(C)C)c2F)cnc2c1N(C(=O)OC(C)(C)C)C1CCC21. The molecule has 10 heteroatoms. The fourth-order valence-corrected chi connectivity index (χ4v) is 5.28. The van der Waals surface area contributed by atoms with Gasteiger partial charge in [-0.05, 0) is 84.4 Å². The number of hydrogen-bond donors (Lipinski definition) is 2. The number of ether oxygens (including phenoxy) is 2. The minimum Gasteiger partial charge on any atom is -0.444 e. The molecule has 206 valence electrons. The van der Waals surface area contributed by atoms with E-state index in [1.54, 1.807) is 44.0 Å². The van der Waals surface area contributed by atoms with Crippen LogP contribution in [-0.2, 0) is 9.47 Å². The molecule has 0 spiro atoms. The third-order valence-corrected chi connectivity index (χ3v) is 6.98. The van der Waals surface area contributed by atoms with Gasteiger partial charge in [0.1, 0.15) is 17.0 Å². The number of carbonyl (C=O) groups is 2. The third kappa shape index (κ3) is 4.84. The second kappa shape index (κ2) is 9.07. The number of nitrogen functional groups attached to an aromatic ring is 1. The molecule has 0 bridgehead atoms. The highest BCUT2D eigenvalue weighted by molar-refractivity contribution is 6.04. The number of hydrogen-bond acceptors (Lipinski definition) is 7. The number of benzene rings is 1. The van der Waals surface area contributed by atoms with E-state index in [1.807, 2.05) is 27.7 Å². The zero-order valence-corrected chi connectivity index (χ0v) is 23.3. The van der Waals surface area contributed by atoms with Crippen molar-refractivity contribution >= 4 is 40.2 Å². The highest BCUT2D eigenvalue weighted by atomic mass is 19.1. The summed E-state index contributed by atoms with van der Waals surface area (Å²) in [5.41, 5.74) is 7.29. The van der Waals surface area contributed by atoms with Crippen LogP contribution in [0.1, 0.15) is 71.6 Å². The second-order valence-electron chi connectivity index (χ2n) is 12.2. The number of nitrogens with zero attached hydrogens (tertiary/aromatic N) is 3. The van der Waals surface area contributed by atoms with Crippen LogP contribution in [0.5, 0.6) is 0 Å². The summed E-state index contributed by atoms with van der Waals surface area (Å²) in [5, 5.41) is 3.52. The van der Waals surface area contributed by atoms with Gasteiger partial charge in [0, 0.05) is 40.9 Å². The highest BCUT2D eigenvalue weighted by Gasteiger charge is 2.50. The van der Waals surface area contributed by atoms with E-state index in [9.17, 15) is 9.59 Å². The molecule has 1 aliphatic heterocycles. The number of anilines is 3. The standard InChI is InChI=1S/C29H34FN5O4/c1-14-18(12-33-24-16-8-9-20(16)35(25(14)24)27(37)39-29(5,6)7)17-10-15-11-21(31)32-13-19(15)23(22(17)30)34-26(36)38-28(2,3)4/h10-13,16,20H,8-9H2,1-7H3,(H2,31,32)(H,34,36). The molecule has 9 nitrogen and oxygen atoms in total. The summed E-state index contributed by atoms with van der Waals surface area (Å²) in [5.74, 6) is -0.300. The first-order valence-electron chi connectivity index (χ1n) is 13.0. The first-order valence-corrected chi connectivity index (χ1v) is 13.0. The zero-order chi connectivity index (χ0) is 28.4. The lowest BCUT2D eigenvalue weighted by atomic mass is 9.79.